The van der Waals surface area contributed by atoms with Crippen LogP contribution in [0.4, 0.5) is 5.82 Å². The molecule has 0 saturated heterocycles. The van der Waals surface area contributed by atoms with Gasteiger partial charge in [0.2, 0.25) is 0 Å². The van der Waals surface area contributed by atoms with Gasteiger partial charge in [0.25, 0.3) is 0 Å². The van der Waals surface area contributed by atoms with E-state index in [0.29, 0.717) is 11.9 Å². The van der Waals surface area contributed by atoms with Crippen molar-refractivity contribution >= 4 is 5.82 Å². The first-order valence-corrected chi connectivity index (χ1v) is 5.23. The SMILES string of the molecule is Nc1ncccc1OC1CCCCC1. The molecular weight excluding hydrogens is 176 g/mol. The van der Waals surface area contributed by atoms with E-state index < -0.39 is 0 Å². The van der Waals surface area contributed by atoms with Gasteiger partial charge in [0.15, 0.2) is 11.6 Å². The number of anilines is 1. The summed E-state index contributed by atoms with van der Waals surface area (Å²) in [5, 5.41) is 0. The third-order valence-corrected chi connectivity index (χ3v) is 2.65. The lowest BCUT2D eigenvalue weighted by Gasteiger charge is -2.23. The first-order valence-electron chi connectivity index (χ1n) is 5.23. The maximum Gasteiger partial charge on any atom is 0.166 e. The standard InChI is InChI=1S/C11H16N2O/c12-11-10(7-4-8-13-11)14-9-5-2-1-3-6-9/h4,7-9H,1-3,5-6H2,(H2,12,13). The van der Waals surface area contributed by atoms with Crippen LogP contribution in [0.2, 0.25) is 0 Å². The van der Waals surface area contributed by atoms with Crippen LogP contribution >= 0.6 is 0 Å². The minimum Gasteiger partial charge on any atom is -0.487 e. The van der Waals surface area contributed by atoms with Gasteiger partial charge in [0, 0.05) is 6.20 Å². The third kappa shape index (κ3) is 2.16. The van der Waals surface area contributed by atoms with Gasteiger partial charge in [-0.3, -0.25) is 0 Å². The van der Waals surface area contributed by atoms with Crippen LogP contribution in [-0.2, 0) is 0 Å². The molecule has 0 bridgehead atoms. The number of pyridine rings is 1. The molecule has 0 aliphatic heterocycles. The molecule has 1 aromatic heterocycles. The fraction of sp³-hybridized carbons (Fsp3) is 0.545. The first-order chi connectivity index (χ1) is 6.86. The van der Waals surface area contributed by atoms with Crippen molar-refractivity contribution in [1.29, 1.82) is 0 Å². The zero-order chi connectivity index (χ0) is 9.80. The zero-order valence-electron chi connectivity index (χ0n) is 8.28. The monoisotopic (exact) mass is 192 g/mol. The molecule has 1 aromatic rings. The molecule has 0 spiro atoms. The van der Waals surface area contributed by atoms with Crippen LogP contribution in [0.25, 0.3) is 0 Å². The highest BCUT2D eigenvalue weighted by Crippen LogP contribution is 2.25. The summed E-state index contributed by atoms with van der Waals surface area (Å²) in [4.78, 5) is 4.00. The molecule has 0 radical (unpaired) electrons. The highest BCUT2D eigenvalue weighted by Gasteiger charge is 2.15. The van der Waals surface area contributed by atoms with Crippen LogP contribution in [0.5, 0.6) is 5.75 Å². The van der Waals surface area contributed by atoms with Gasteiger partial charge >= 0.3 is 0 Å². The topological polar surface area (TPSA) is 48.1 Å². The maximum absolute atomic E-state index is 5.80. The minimum atomic E-state index is 0.343. The van der Waals surface area contributed by atoms with Crippen LogP contribution in [0, 0.1) is 0 Å². The number of hydrogen-bond acceptors (Lipinski definition) is 3. The van der Waals surface area contributed by atoms with E-state index in [2.05, 4.69) is 4.98 Å². The molecule has 1 heterocycles. The molecule has 14 heavy (non-hydrogen) atoms. The van der Waals surface area contributed by atoms with Crippen molar-refractivity contribution in [3.05, 3.63) is 18.3 Å². The van der Waals surface area contributed by atoms with Crippen LogP contribution < -0.4 is 10.5 Å². The van der Waals surface area contributed by atoms with Gasteiger partial charge in [-0.25, -0.2) is 4.98 Å². The van der Waals surface area contributed by atoms with Crippen LogP contribution in [0.3, 0.4) is 0 Å². The number of nitrogen functional groups attached to an aromatic ring is 1. The summed E-state index contributed by atoms with van der Waals surface area (Å²) in [6.45, 7) is 0. The average molecular weight is 192 g/mol. The Labute approximate surface area is 84.3 Å². The van der Waals surface area contributed by atoms with Gasteiger partial charge in [-0.05, 0) is 37.8 Å². The van der Waals surface area contributed by atoms with Crippen molar-refractivity contribution < 1.29 is 4.74 Å². The summed E-state index contributed by atoms with van der Waals surface area (Å²) in [6.07, 6.45) is 8.19. The van der Waals surface area contributed by atoms with Gasteiger partial charge in [-0.2, -0.15) is 0 Å². The highest BCUT2D eigenvalue weighted by molar-refractivity contribution is 5.44. The molecular formula is C11H16N2O. The van der Waals surface area contributed by atoms with Gasteiger partial charge in [-0.15, -0.1) is 0 Å². The molecule has 0 unspecified atom stereocenters. The Morgan fingerprint density at radius 3 is 2.79 bits per heavy atom. The maximum atomic E-state index is 5.80. The largest absolute Gasteiger partial charge is 0.487 e. The van der Waals surface area contributed by atoms with Crippen molar-refractivity contribution in [3.8, 4) is 5.75 Å². The van der Waals surface area contributed by atoms with E-state index in [0.717, 1.165) is 18.6 Å². The molecule has 0 amide bonds. The average Bonchev–Trinajstić information content (AvgIpc) is 2.23. The van der Waals surface area contributed by atoms with Crippen molar-refractivity contribution in [1.82, 2.24) is 4.98 Å². The number of rotatable bonds is 2. The Kier molecular flexibility index (Phi) is 2.87. The second-order valence-corrected chi connectivity index (χ2v) is 3.76. The fourth-order valence-corrected chi connectivity index (χ4v) is 1.86. The fourth-order valence-electron chi connectivity index (χ4n) is 1.86. The summed E-state index contributed by atoms with van der Waals surface area (Å²) in [5.74, 6) is 1.23. The molecule has 2 rings (SSSR count). The van der Waals surface area contributed by atoms with E-state index in [1.54, 1.807) is 6.20 Å². The van der Waals surface area contributed by atoms with Crippen LogP contribution in [-0.4, -0.2) is 11.1 Å². The third-order valence-electron chi connectivity index (χ3n) is 2.65. The Morgan fingerprint density at radius 2 is 2.07 bits per heavy atom. The van der Waals surface area contributed by atoms with E-state index >= 15 is 0 Å². The van der Waals surface area contributed by atoms with Crippen molar-refractivity contribution in [2.75, 3.05) is 5.73 Å². The lowest BCUT2D eigenvalue weighted by Crippen LogP contribution is -2.20. The molecule has 3 heteroatoms. The van der Waals surface area contributed by atoms with Gasteiger partial charge < -0.3 is 10.5 Å². The minimum absolute atomic E-state index is 0.343. The number of hydrogen-bond donors (Lipinski definition) is 1. The summed E-state index contributed by atoms with van der Waals surface area (Å²) in [6, 6.07) is 3.74. The Balaban J connectivity index is 1.99. The lowest BCUT2D eigenvalue weighted by molar-refractivity contribution is 0.155. The zero-order valence-corrected chi connectivity index (χ0v) is 8.28. The van der Waals surface area contributed by atoms with E-state index in [-0.39, 0.29) is 0 Å². The number of aromatic nitrogens is 1. The lowest BCUT2D eigenvalue weighted by atomic mass is 9.98. The second kappa shape index (κ2) is 4.31. The number of nitrogens with zero attached hydrogens (tertiary/aromatic N) is 1. The summed E-state index contributed by atoms with van der Waals surface area (Å²) < 4.78 is 5.80. The Bertz CT molecular complexity index is 295. The molecule has 0 atom stereocenters. The normalized spacial score (nSPS) is 18.0. The van der Waals surface area contributed by atoms with E-state index in [9.17, 15) is 0 Å². The predicted octanol–water partition coefficient (Wildman–Crippen LogP) is 2.38. The molecule has 3 nitrogen and oxygen atoms in total. The van der Waals surface area contributed by atoms with Crippen LogP contribution in [0.1, 0.15) is 32.1 Å². The summed E-state index contributed by atoms with van der Waals surface area (Å²) in [7, 11) is 0. The number of nitrogens with two attached hydrogens (primary N) is 1. The molecule has 0 aromatic carbocycles. The molecule has 1 fully saturated rings. The molecule has 76 valence electrons. The molecule has 2 N–H and O–H groups in total. The van der Waals surface area contributed by atoms with Gasteiger partial charge in [-0.1, -0.05) is 6.42 Å². The van der Waals surface area contributed by atoms with E-state index in [4.69, 9.17) is 10.5 Å². The Hall–Kier alpha value is -1.25. The molecule has 1 saturated carbocycles. The van der Waals surface area contributed by atoms with Gasteiger partial charge in [0.1, 0.15) is 0 Å². The first kappa shape index (κ1) is 9.31. The quantitative estimate of drug-likeness (QED) is 0.782. The number of ether oxygens (including phenoxy) is 1. The molecule has 1 aliphatic carbocycles. The second-order valence-electron chi connectivity index (χ2n) is 3.76. The van der Waals surface area contributed by atoms with Gasteiger partial charge in [0.05, 0.1) is 6.10 Å². The van der Waals surface area contributed by atoms with E-state index in [1.165, 1.54) is 19.3 Å². The van der Waals surface area contributed by atoms with Crippen molar-refractivity contribution in [3.63, 3.8) is 0 Å². The van der Waals surface area contributed by atoms with Crippen molar-refractivity contribution in [2.45, 2.75) is 38.2 Å². The predicted molar refractivity (Wildman–Crippen MR) is 56.2 cm³/mol. The smallest absolute Gasteiger partial charge is 0.166 e. The Morgan fingerprint density at radius 1 is 1.29 bits per heavy atom. The highest BCUT2D eigenvalue weighted by atomic mass is 16.5. The van der Waals surface area contributed by atoms with Crippen molar-refractivity contribution in [2.24, 2.45) is 0 Å². The summed E-state index contributed by atoms with van der Waals surface area (Å²) >= 11 is 0. The van der Waals surface area contributed by atoms with E-state index in [1.807, 2.05) is 12.1 Å². The van der Waals surface area contributed by atoms with Crippen LogP contribution in [0.15, 0.2) is 18.3 Å². The molecule has 1 aliphatic rings. The summed E-state index contributed by atoms with van der Waals surface area (Å²) in [5.41, 5.74) is 5.70.